The molecule has 1 aliphatic heterocycles. The number of nitrogens with zero attached hydrogens (tertiary/aromatic N) is 1. The molecule has 0 aliphatic carbocycles. The summed E-state index contributed by atoms with van der Waals surface area (Å²) in [4.78, 5) is 26.6. The summed E-state index contributed by atoms with van der Waals surface area (Å²) in [7, 11) is 0. The number of carbonyl (C=O) groups excluding carboxylic acids is 2. The largest absolute Gasteiger partial charge is 0.333 e. The van der Waals surface area contributed by atoms with E-state index >= 15 is 0 Å². The third-order valence-electron chi connectivity index (χ3n) is 4.46. The molecule has 0 unspecified atom stereocenters. The quantitative estimate of drug-likeness (QED) is 0.874. The second-order valence-corrected chi connectivity index (χ2v) is 6.19. The van der Waals surface area contributed by atoms with Gasteiger partial charge in [0.15, 0.2) is 0 Å². The van der Waals surface area contributed by atoms with E-state index in [-0.39, 0.29) is 24.3 Å². The number of piperidine rings is 1. The molecule has 0 spiro atoms. The van der Waals surface area contributed by atoms with Gasteiger partial charge >= 0.3 is 0 Å². The maximum absolute atomic E-state index is 12.6. The predicted octanol–water partition coefficient (Wildman–Crippen LogP) is 2.09. The van der Waals surface area contributed by atoms with E-state index in [1.807, 2.05) is 39.0 Å². The van der Waals surface area contributed by atoms with Crippen molar-refractivity contribution in [1.82, 2.24) is 10.2 Å². The zero-order valence-electron chi connectivity index (χ0n) is 14.3. The van der Waals surface area contributed by atoms with Gasteiger partial charge in [-0.3, -0.25) is 9.59 Å². The van der Waals surface area contributed by atoms with Crippen molar-refractivity contribution in [2.75, 3.05) is 31.5 Å². The molecule has 5 nitrogen and oxygen atoms in total. The standard InChI is InChI=1S/C18H27N3O2/c1-4-21(18(23)15-8-10-19-11-9-15)12-16(22)20-17-13(2)6-5-7-14(17)3/h5-7,15,19H,4,8-12H2,1-3H3,(H,20,22). The molecule has 1 aromatic rings. The van der Waals surface area contributed by atoms with E-state index in [9.17, 15) is 9.59 Å². The third kappa shape index (κ3) is 4.55. The molecule has 2 amide bonds. The van der Waals surface area contributed by atoms with Crippen LogP contribution in [0.5, 0.6) is 0 Å². The number of para-hydroxylation sites is 1. The summed E-state index contributed by atoms with van der Waals surface area (Å²) in [6.07, 6.45) is 1.71. The van der Waals surface area contributed by atoms with E-state index in [2.05, 4.69) is 10.6 Å². The number of carbonyl (C=O) groups is 2. The van der Waals surface area contributed by atoms with Crippen molar-refractivity contribution in [3.63, 3.8) is 0 Å². The van der Waals surface area contributed by atoms with Crippen LogP contribution in [0.15, 0.2) is 18.2 Å². The predicted molar refractivity (Wildman–Crippen MR) is 92.4 cm³/mol. The minimum absolute atomic E-state index is 0.0456. The summed E-state index contributed by atoms with van der Waals surface area (Å²) >= 11 is 0. The lowest BCUT2D eigenvalue weighted by atomic mass is 9.96. The average molecular weight is 317 g/mol. The molecule has 126 valence electrons. The summed E-state index contributed by atoms with van der Waals surface area (Å²) in [5, 5.41) is 6.22. The smallest absolute Gasteiger partial charge is 0.244 e. The van der Waals surface area contributed by atoms with Gasteiger partial charge in [0.2, 0.25) is 11.8 Å². The number of aryl methyl sites for hydroxylation is 2. The number of rotatable bonds is 5. The van der Waals surface area contributed by atoms with Crippen LogP contribution in [0, 0.1) is 19.8 Å². The Morgan fingerprint density at radius 2 is 1.83 bits per heavy atom. The van der Waals surface area contributed by atoms with E-state index in [4.69, 9.17) is 0 Å². The van der Waals surface area contributed by atoms with Gasteiger partial charge in [0, 0.05) is 18.2 Å². The lowest BCUT2D eigenvalue weighted by Crippen LogP contribution is -2.44. The van der Waals surface area contributed by atoms with E-state index in [1.165, 1.54) is 0 Å². The van der Waals surface area contributed by atoms with Crippen LogP contribution in [-0.4, -0.2) is 42.9 Å². The maximum Gasteiger partial charge on any atom is 0.244 e. The van der Waals surface area contributed by atoms with E-state index in [0.29, 0.717) is 6.54 Å². The molecule has 0 atom stereocenters. The molecular formula is C18H27N3O2. The van der Waals surface area contributed by atoms with Crippen molar-refractivity contribution in [2.24, 2.45) is 5.92 Å². The minimum atomic E-state index is -0.133. The molecule has 1 fully saturated rings. The number of hydrogen-bond donors (Lipinski definition) is 2. The first-order valence-electron chi connectivity index (χ1n) is 8.38. The molecule has 23 heavy (non-hydrogen) atoms. The first-order valence-corrected chi connectivity index (χ1v) is 8.38. The molecule has 0 bridgehead atoms. The van der Waals surface area contributed by atoms with Crippen molar-refractivity contribution >= 4 is 17.5 Å². The van der Waals surface area contributed by atoms with Gasteiger partial charge in [0.25, 0.3) is 0 Å². The second-order valence-electron chi connectivity index (χ2n) is 6.19. The van der Waals surface area contributed by atoms with Crippen LogP contribution in [0.2, 0.25) is 0 Å². The van der Waals surface area contributed by atoms with Crippen LogP contribution in [0.3, 0.4) is 0 Å². The summed E-state index contributed by atoms with van der Waals surface area (Å²) in [5.41, 5.74) is 2.92. The lowest BCUT2D eigenvalue weighted by Gasteiger charge is -2.28. The van der Waals surface area contributed by atoms with Crippen LogP contribution in [0.1, 0.15) is 30.9 Å². The van der Waals surface area contributed by atoms with Crippen LogP contribution in [-0.2, 0) is 9.59 Å². The first kappa shape index (κ1) is 17.5. The second kappa shape index (κ2) is 8.11. The Labute approximate surface area is 138 Å². The fourth-order valence-electron chi connectivity index (χ4n) is 3.04. The van der Waals surface area contributed by atoms with Gasteiger partial charge in [-0.15, -0.1) is 0 Å². The topological polar surface area (TPSA) is 61.4 Å². The monoisotopic (exact) mass is 317 g/mol. The molecule has 0 aromatic heterocycles. The molecular weight excluding hydrogens is 290 g/mol. The summed E-state index contributed by atoms with van der Waals surface area (Å²) in [6.45, 7) is 8.30. The Kier molecular flexibility index (Phi) is 6.16. The Morgan fingerprint density at radius 1 is 1.22 bits per heavy atom. The van der Waals surface area contributed by atoms with E-state index in [0.717, 1.165) is 42.7 Å². The summed E-state index contributed by atoms with van der Waals surface area (Å²) in [5.74, 6) is 0.0152. The van der Waals surface area contributed by atoms with Crippen LogP contribution >= 0.6 is 0 Å². The lowest BCUT2D eigenvalue weighted by molar-refractivity contribution is -0.138. The minimum Gasteiger partial charge on any atom is -0.333 e. The molecule has 1 saturated heterocycles. The van der Waals surface area contributed by atoms with Crippen LogP contribution in [0.4, 0.5) is 5.69 Å². The number of benzene rings is 1. The molecule has 1 heterocycles. The summed E-state index contributed by atoms with van der Waals surface area (Å²) < 4.78 is 0. The van der Waals surface area contributed by atoms with E-state index < -0.39 is 0 Å². The molecule has 2 N–H and O–H groups in total. The zero-order chi connectivity index (χ0) is 16.8. The highest BCUT2D eigenvalue weighted by atomic mass is 16.2. The van der Waals surface area contributed by atoms with E-state index in [1.54, 1.807) is 4.90 Å². The molecule has 0 saturated carbocycles. The van der Waals surface area contributed by atoms with Crippen molar-refractivity contribution in [1.29, 1.82) is 0 Å². The average Bonchev–Trinajstić information content (AvgIpc) is 2.56. The Morgan fingerprint density at radius 3 is 2.39 bits per heavy atom. The Balaban J connectivity index is 1.98. The first-order chi connectivity index (χ1) is 11.0. The van der Waals surface area contributed by atoms with Gasteiger partial charge in [0.1, 0.15) is 0 Å². The third-order valence-corrected chi connectivity index (χ3v) is 4.46. The number of hydrogen-bond acceptors (Lipinski definition) is 3. The summed E-state index contributed by atoms with van der Waals surface area (Å²) in [6, 6.07) is 5.92. The van der Waals surface area contributed by atoms with Gasteiger partial charge in [0.05, 0.1) is 6.54 Å². The maximum atomic E-state index is 12.6. The Hall–Kier alpha value is -1.88. The fraction of sp³-hybridized carbons (Fsp3) is 0.556. The van der Waals surface area contributed by atoms with Crippen molar-refractivity contribution in [2.45, 2.75) is 33.6 Å². The fourth-order valence-corrected chi connectivity index (χ4v) is 3.04. The molecule has 2 rings (SSSR count). The van der Waals surface area contributed by atoms with Gasteiger partial charge in [-0.1, -0.05) is 18.2 Å². The molecule has 1 aliphatic rings. The highest BCUT2D eigenvalue weighted by molar-refractivity contribution is 5.96. The number of nitrogens with one attached hydrogen (secondary N) is 2. The van der Waals surface area contributed by atoms with Crippen molar-refractivity contribution in [3.05, 3.63) is 29.3 Å². The highest BCUT2D eigenvalue weighted by Crippen LogP contribution is 2.20. The number of likely N-dealkylation sites (N-methyl/N-ethyl adjacent to an activating group) is 1. The zero-order valence-corrected chi connectivity index (χ0v) is 14.3. The van der Waals surface area contributed by atoms with Crippen LogP contribution < -0.4 is 10.6 Å². The van der Waals surface area contributed by atoms with Gasteiger partial charge in [-0.25, -0.2) is 0 Å². The highest BCUT2D eigenvalue weighted by Gasteiger charge is 2.26. The molecule has 5 heteroatoms. The van der Waals surface area contributed by atoms with Gasteiger partial charge in [-0.05, 0) is 57.8 Å². The SMILES string of the molecule is CCN(CC(=O)Nc1c(C)cccc1C)C(=O)C1CCNCC1. The molecule has 1 aromatic carbocycles. The van der Waals surface area contributed by atoms with Crippen molar-refractivity contribution in [3.8, 4) is 0 Å². The van der Waals surface area contributed by atoms with Crippen molar-refractivity contribution < 1.29 is 9.59 Å². The van der Waals surface area contributed by atoms with Gasteiger partial charge < -0.3 is 15.5 Å². The number of amides is 2. The molecule has 0 radical (unpaired) electrons. The number of anilines is 1. The normalized spacial score (nSPS) is 15.3. The van der Waals surface area contributed by atoms with Crippen LogP contribution in [0.25, 0.3) is 0 Å². The van der Waals surface area contributed by atoms with Gasteiger partial charge in [-0.2, -0.15) is 0 Å². The Bertz CT molecular complexity index is 545.